The van der Waals surface area contributed by atoms with Crippen molar-refractivity contribution in [3.05, 3.63) is 54.7 Å². The Bertz CT molecular complexity index is 683. The van der Waals surface area contributed by atoms with Crippen molar-refractivity contribution < 1.29 is 0 Å². The Labute approximate surface area is 99.3 Å². The maximum absolute atomic E-state index is 6.00. The first-order valence-electron chi connectivity index (χ1n) is 5.47. The normalized spacial score (nSPS) is 10.8. The number of nitrogens with two attached hydrogens (primary N) is 2. The van der Waals surface area contributed by atoms with Gasteiger partial charge in [0.1, 0.15) is 0 Å². The summed E-state index contributed by atoms with van der Waals surface area (Å²) in [7, 11) is 0. The van der Waals surface area contributed by atoms with Gasteiger partial charge in [0.05, 0.1) is 16.9 Å². The number of para-hydroxylation sites is 1. The van der Waals surface area contributed by atoms with Crippen LogP contribution in [0.5, 0.6) is 0 Å². The number of nitrogen functional groups attached to an aromatic ring is 2. The molecule has 0 saturated heterocycles. The van der Waals surface area contributed by atoms with Gasteiger partial charge < -0.3 is 16.0 Å². The summed E-state index contributed by atoms with van der Waals surface area (Å²) in [6.07, 6.45) is 2.02. The van der Waals surface area contributed by atoms with E-state index >= 15 is 0 Å². The van der Waals surface area contributed by atoms with Gasteiger partial charge in [-0.25, -0.2) is 0 Å². The predicted molar refractivity (Wildman–Crippen MR) is 72.1 cm³/mol. The van der Waals surface area contributed by atoms with Crippen LogP contribution < -0.4 is 11.5 Å². The van der Waals surface area contributed by atoms with Crippen molar-refractivity contribution >= 4 is 22.3 Å². The fraction of sp³-hybridized carbons (Fsp3) is 0. The van der Waals surface area contributed by atoms with Gasteiger partial charge in [0.15, 0.2) is 0 Å². The molecule has 0 saturated carbocycles. The Kier molecular flexibility index (Phi) is 2.05. The van der Waals surface area contributed by atoms with Crippen LogP contribution in [0, 0.1) is 0 Å². The molecule has 0 unspecified atom stereocenters. The minimum atomic E-state index is 0.683. The lowest BCUT2D eigenvalue weighted by Crippen LogP contribution is -1.99. The van der Waals surface area contributed by atoms with E-state index in [9.17, 15) is 0 Å². The van der Waals surface area contributed by atoms with Crippen LogP contribution >= 0.6 is 0 Å². The van der Waals surface area contributed by atoms with Gasteiger partial charge >= 0.3 is 0 Å². The van der Waals surface area contributed by atoms with E-state index in [4.69, 9.17) is 11.5 Å². The van der Waals surface area contributed by atoms with Crippen LogP contribution in [0.15, 0.2) is 54.7 Å². The van der Waals surface area contributed by atoms with Gasteiger partial charge in [-0.1, -0.05) is 18.2 Å². The van der Waals surface area contributed by atoms with Gasteiger partial charge in [0.25, 0.3) is 0 Å². The quantitative estimate of drug-likeness (QED) is 0.623. The number of fused-ring (bicyclic) bond motifs is 1. The second-order valence-corrected chi connectivity index (χ2v) is 4.06. The summed E-state index contributed by atoms with van der Waals surface area (Å²) in [6, 6.07) is 15.9. The number of aromatic nitrogens is 1. The van der Waals surface area contributed by atoms with Gasteiger partial charge in [-0.2, -0.15) is 0 Å². The molecule has 0 bridgehead atoms. The molecule has 0 aliphatic rings. The van der Waals surface area contributed by atoms with E-state index in [2.05, 4.69) is 22.8 Å². The highest BCUT2D eigenvalue weighted by Gasteiger charge is 2.05. The molecule has 3 heteroatoms. The van der Waals surface area contributed by atoms with E-state index in [0.717, 1.165) is 11.2 Å². The largest absolute Gasteiger partial charge is 0.399 e. The Morgan fingerprint density at radius 1 is 0.882 bits per heavy atom. The second kappa shape index (κ2) is 3.56. The van der Waals surface area contributed by atoms with Crippen molar-refractivity contribution in [1.82, 2.24) is 4.57 Å². The topological polar surface area (TPSA) is 57.0 Å². The van der Waals surface area contributed by atoms with Gasteiger partial charge in [0.2, 0.25) is 0 Å². The Balaban J connectivity index is 2.27. The van der Waals surface area contributed by atoms with E-state index in [0.29, 0.717) is 11.4 Å². The zero-order valence-electron chi connectivity index (χ0n) is 9.30. The van der Waals surface area contributed by atoms with Crippen molar-refractivity contribution in [2.45, 2.75) is 0 Å². The average Bonchev–Trinajstić information content (AvgIpc) is 2.73. The molecule has 0 atom stereocenters. The van der Waals surface area contributed by atoms with Crippen LogP contribution in [0.1, 0.15) is 0 Å². The Morgan fingerprint density at radius 3 is 2.53 bits per heavy atom. The summed E-state index contributed by atoms with van der Waals surface area (Å²) in [5.41, 5.74) is 15.2. The van der Waals surface area contributed by atoms with Crippen molar-refractivity contribution in [1.29, 1.82) is 0 Å². The molecule has 17 heavy (non-hydrogen) atoms. The fourth-order valence-corrected chi connectivity index (χ4v) is 2.09. The van der Waals surface area contributed by atoms with Gasteiger partial charge in [-0.15, -0.1) is 0 Å². The molecule has 0 spiro atoms. The zero-order chi connectivity index (χ0) is 11.8. The molecule has 0 amide bonds. The van der Waals surface area contributed by atoms with Crippen LogP contribution in [0.3, 0.4) is 0 Å². The summed E-state index contributed by atoms with van der Waals surface area (Å²) in [5, 5.41) is 1.20. The number of hydrogen-bond acceptors (Lipinski definition) is 2. The molecule has 0 aliphatic carbocycles. The third-order valence-electron chi connectivity index (χ3n) is 2.91. The fourth-order valence-electron chi connectivity index (χ4n) is 2.09. The molecule has 0 aliphatic heterocycles. The number of rotatable bonds is 1. The van der Waals surface area contributed by atoms with Crippen LogP contribution in [0.4, 0.5) is 11.4 Å². The lowest BCUT2D eigenvalue weighted by Gasteiger charge is -2.09. The summed E-state index contributed by atoms with van der Waals surface area (Å²) >= 11 is 0. The molecule has 1 aromatic heterocycles. The highest BCUT2D eigenvalue weighted by Crippen LogP contribution is 2.25. The summed E-state index contributed by atoms with van der Waals surface area (Å²) in [5.74, 6) is 0. The first kappa shape index (κ1) is 9.78. The Hall–Kier alpha value is -2.42. The lowest BCUT2D eigenvalue weighted by molar-refractivity contribution is 1.13. The molecule has 4 N–H and O–H groups in total. The molecular formula is C14H13N3. The minimum absolute atomic E-state index is 0.683. The average molecular weight is 223 g/mol. The van der Waals surface area contributed by atoms with Gasteiger partial charge in [-0.05, 0) is 35.7 Å². The van der Waals surface area contributed by atoms with Crippen LogP contribution in [-0.2, 0) is 0 Å². The number of anilines is 2. The number of hydrogen-bond donors (Lipinski definition) is 2. The molecule has 3 aromatic rings. The van der Waals surface area contributed by atoms with Gasteiger partial charge in [-0.3, -0.25) is 0 Å². The molecule has 3 nitrogen and oxygen atoms in total. The van der Waals surface area contributed by atoms with Crippen LogP contribution in [0.25, 0.3) is 16.6 Å². The highest BCUT2D eigenvalue weighted by molar-refractivity contribution is 5.83. The molecule has 0 radical (unpaired) electrons. The highest BCUT2D eigenvalue weighted by atomic mass is 15.0. The molecule has 2 aromatic carbocycles. The van der Waals surface area contributed by atoms with Crippen LogP contribution in [-0.4, -0.2) is 4.57 Å². The third-order valence-corrected chi connectivity index (χ3v) is 2.91. The standard InChI is InChI=1S/C14H13N3/c15-11-5-6-14(12(16)9-11)17-8-7-10-3-1-2-4-13(10)17/h1-9H,15-16H2. The van der Waals surface area contributed by atoms with Crippen molar-refractivity contribution in [3.63, 3.8) is 0 Å². The van der Waals surface area contributed by atoms with Crippen LogP contribution in [0.2, 0.25) is 0 Å². The molecule has 84 valence electrons. The van der Waals surface area contributed by atoms with E-state index in [1.54, 1.807) is 6.07 Å². The Morgan fingerprint density at radius 2 is 1.71 bits per heavy atom. The SMILES string of the molecule is Nc1ccc(-n2ccc3ccccc32)c(N)c1. The minimum Gasteiger partial charge on any atom is -0.399 e. The van der Waals surface area contributed by atoms with Crippen molar-refractivity contribution in [3.8, 4) is 5.69 Å². The monoisotopic (exact) mass is 223 g/mol. The van der Waals surface area contributed by atoms with E-state index in [-0.39, 0.29) is 0 Å². The van der Waals surface area contributed by atoms with Crippen molar-refractivity contribution in [2.24, 2.45) is 0 Å². The molecular weight excluding hydrogens is 210 g/mol. The smallest absolute Gasteiger partial charge is 0.0687 e. The lowest BCUT2D eigenvalue weighted by atomic mass is 10.2. The molecule has 3 rings (SSSR count). The first-order valence-corrected chi connectivity index (χ1v) is 5.47. The molecule has 0 fully saturated rings. The maximum Gasteiger partial charge on any atom is 0.0687 e. The van der Waals surface area contributed by atoms with Gasteiger partial charge in [0, 0.05) is 11.9 Å². The zero-order valence-corrected chi connectivity index (χ0v) is 9.30. The number of nitrogens with zero attached hydrogens (tertiary/aromatic N) is 1. The second-order valence-electron chi connectivity index (χ2n) is 4.06. The van der Waals surface area contributed by atoms with E-state index < -0.39 is 0 Å². The van der Waals surface area contributed by atoms with Crippen molar-refractivity contribution in [2.75, 3.05) is 11.5 Å². The third kappa shape index (κ3) is 1.52. The molecule has 1 heterocycles. The first-order chi connectivity index (χ1) is 8.25. The number of benzene rings is 2. The summed E-state index contributed by atoms with van der Waals surface area (Å²) in [6.45, 7) is 0. The summed E-state index contributed by atoms with van der Waals surface area (Å²) < 4.78 is 2.07. The predicted octanol–water partition coefficient (Wildman–Crippen LogP) is 2.79. The van der Waals surface area contributed by atoms with E-state index in [1.807, 2.05) is 30.5 Å². The summed E-state index contributed by atoms with van der Waals surface area (Å²) in [4.78, 5) is 0. The maximum atomic E-state index is 6.00. The van der Waals surface area contributed by atoms with E-state index in [1.165, 1.54) is 5.39 Å².